The minimum Gasteiger partial charge on any atom is -0.381 e. The minimum atomic E-state index is -3.44. The van der Waals surface area contributed by atoms with Crippen LogP contribution in [0.3, 0.4) is 0 Å². The molecule has 0 amide bonds. The van der Waals surface area contributed by atoms with E-state index in [9.17, 15) is 8.42 Å². The lowest BCUT2D eigenvalue weighted by Gasteiger charge is -2.21. The van der Waals surface area contributed by atoms with E-state index in [1.807, 2.05) is 13.8 Å². The molecule has 5 heteroatoms. The van der Waals surface area contributed by atoms with Crippen molar-refractivity contribution in [3.63, 3.8) is 0 Å². The van der Waals surface area contributed by atoms with Crippen molar-refractivity contribution in [1.82, 2.24) is 0 Å². The van der Waals surface area contributed by atoms with Gasteiger partial charge in [-0.2, -0.15) is 0 Å². The Morgan fingerprint density at radius 3 is 2.12 bits per heavy atom. The first-order chi connectivity index (χ1) is 7.51. The van der Waals surface area contributed by atoms with Crippen LogP contribution in [-0.2, 0) is 13.8 Å². The molecule has 1 unspecified atom stereocenters. The Hall–Kier alpha value is 0.200. The molecule has 0 aromatic heterocycles. The van der Waals surface area contributed by atoms with E-state index in [1.54, 1.807) is 0 Å². The number of hydrogen-bond acceptors (Lipinski definition) is 3. The van der Waals surface area contributed by atoms with Gasteiger partial charge in [-0.1, -0.05) is 34.6 Å². The predicted molar refractivity (Wildman–Crippen MR) is 72.9 cm³/mol. The van der Waals surface area contributed by atoms with E-state index in [2.05, 4.69) is 20.8 Å². The number of rotatable bonds is 7. The first kappa shape index (κ1) is 17.2. The standard InChI is InChI=1S/C12H25ClO3S/c1-10(2)11(9-17(13,14)15)8-16-7-6-12(3,4)5/h10-11H,6-9H2,1-5H3. The lowest BCUT2D eigenvalue weighted by molar-refractivity contribution is 0.0729. The second-order valence-corrected chi connectivity index (χ2v) is 8.92. The van der Waals surface area contributed by atoms with Gasteiger partial charge in [-0.15, -0.1) is 0 Å². The van der Waals surface area contributed by atoms with Crippen molar-refractivity contribution in [2.24, 2.45) is 17.3 Å². The van der Waals surface area contributed by atoms with Crippen molar-refractivity contribution < 1.29 is 13.2 Å². The minimum absolute atomic E-state index is 0.0122. The average molecular weight is 285 g/mol. The molecule has 1 atom stereocenters. The van der Waals surface area contributed by atoms with E-state index in [0.717, 1.165) is 6.42 Å². The van der Waals surface area contributed by atoms with Crippen LogP contribution in [0.15, 0.2) is 0 Å². The summed E-state index contributed by atoms with van der Waals surface area (Å²) in [5, 5.41) is 0. The summed E-state index contributed by atoms with van der Waals surface area (Å²) in [5.74, 6) is 0.206. The fourth-order valence-corrected chi connectivity index (χ4v) is 2.78. The van der Waals surface area contributed by atoms with Gasteiger partial charge >= 0.3 is 0 Å². The van der Waals surface area contributed by atoms with Crippen LogP contribution >= 0.6 is 10.7 Å². The second-order valence-electron chi connectivity index (χ2n) is 6.10. The molecule has 0 aliphatic carbocycles. The molecular weight excluding hydrogens is 260 g/mol. The van der Waals surface area contributed by atoms with Crippen LogP contribution in [0, 0.1) is 17.3 Å². The first-order valence-corrected chi connectivity index (χ1v) is 8.49. The van der Waals surface area contributed by atoms with Crippen molar-refractivity contribution in [2.75, 3.05) is 19.0 Å². The summed E-state index contributed by atoms with van der Waals surface area (Å²) in [6, 6.07) is 0. The van der Waals surface area contributed by atoms with Gasteiger partial charge in [0.25, 0.3) is 0 Å². The molecule has 0 saturated heterocycles. The molecule has 0 rings (SSSR count). The maximum absolute atomic E-state index is 11.0. The number of halogens is 1. The fourth-order valence-electron chi connectivity index (χ4n) is 1.30. The molecule has 0 fully saturated rings. The van der Waals surface area contributed by atoms with Gasteiger partial charge < -0.3 is 4.74 Å². The highest BCUT2D eigenvalue weighted by atomic mass is 35.7. The van der Waals surface area contributed by atoms with Crippen molar-refractivity contribution in [1.29, 1.82) is 0 Å². The normalized spacial score (nSPS) is 15.2. The van der Waals surface area contributed by atoms with E-state index < -0.39 is 9.05 Å². The van der Waals surface area contributed by atoms with Gasteiger partial charge in [0.2, 0.25) is 9.05 Å². The zero-order valence-corrected chi connectivity index (χ0v) is 13.1. The third kappa shape index (κ3) is 11.0. The highest BCUT2D eigenvalue weighted by Crippen LogP contribution is 2.20. The Balaban J connectivity index is 4.04. The third-order valence-corrected chi connectivity index (χ3v) is 3.89. The van der Waals surface area contributed by atoms with Gasteiger partial charge in [0.1, 0.15) is 0 Å². The molecule has 104 valence electrons. The quantitative estimate of drug-likeness (QED) is 0.532. The second kappa shape index (κ2) is 6.95. The number of hydrogen-bond donors (Lipinski definition) is 0. The summed E-state index contributed by atoms with van der Waals surface area (Å²) in [5.41, 5.74) is 0.242. The summed E-state index contributed by atoms with van der Waals surface area (Å²) in [4.78, 5) is 0. The Kier molecular flexibility index (Phi) is 7.04. The maximum Gasteiger partial charge on any atom is 0.232 e. The molecule has 17 heavy (non-hydrogen) atoms. The van der Waals surface area contributed by atoms with Gasteiger partial charge in [0, 0.05) is 17.3 Å². The van der Waals surface area contributed by atoms with Gasteiger partial charge in [0.05, 0.1) is 12.4 Å². The summed E-state index contributed by atoms with van der Waals surface area (Å²) in [6.45, 7) is 11.5. The highest BCUT2D eigenvalue weighted by molar-refractivity contribution is 8.13. The molecule has 0 aromatic carbocycles. The van der Waals surface area contributed by atoms with Crippen molar-refractivity contribution in [3.05, 3.63) is 0 Å². The van der Waals surface area contributed by atoms with Gasteiger partial charge in [-0.05, 0) is 23.7 Å². The Morgan fingerprint density at radius 2 is 1.76 bits per heavy atom. The summed E-state index contributed by atoms with van der Waals surface area (Å²) < 4.78 is 27.7. The predicted octanol–water partition coefficient (Wildman–Crippen LogP) is 3.28. The molecule has 0 heterocycles. The van der Waals surface area contributed by atoms with Gasteiger partial charge in [-0.25, -0.2) is 8.42 Å². The lowest BCUT2D eigenvalue weighted by Crippen LogP contribution is -2.24. The van der Waals surface area contributed by atoms with Crippen molar-refractivity contribution in [2.45, 2.75) is 41.0 Å². The van der Waals surface area contributed by atoms with Crippen molar-refractivity contribution in [3.8, 4) is 0 Å². The topological polar surface area (TPSA) is 43.4 Å². The van der Waals surface area contributed by atoms with Crippen LogP contribution < -0.4 is 0 Å². The van der Waals surface area contributed by atoms with Crippen LogP contribution in [0.5, 0.6) is 0 Å². The van der Waals surface area contributed by atoms with E-state index in [-0.39, 0.29) is 23.0 Å². The van der Waals surface area contributed by atoms with Gasteiger partial charge in [-0.3, -0.25) is 0 Å². The molecule has 0 N–H and O–H groups in total. The molecule has 0 aliphatic heterocycles. The molecule has 0 saturated carbocycles. The van der Waals surface area contributed by atoms with Crippen LogP contribution in [-0.4, -0.2) is 27.4 Å². The van der Waals surface area contributed by atoms with E-state index in [1.165, 1.54) is 0 Å². The fraction of sp³-hybridized carbons (Fsp3) is 1.00. The molecule has 3 nitrogen and oxygen atoms in total. The number of ether oxygens (including phenoxy) is 1. The molecule has 0 bridgehead atoms. The zero-order chi connectivity index (χ0) is 13.7. The van der Waals surface area contributed by atoms with Crippen molar-refractivity contribution >= 4 is 19.7 Å². The maximum atomic E-state index is 11.0. The summed E-state index contributed by atoms with van der Waals surface area (Å²) in [6.07, 6.45) is 0.964. The molecule has 0 aliphatic rings. The molecule has 0 radical (unpaired) electrons. The molecular formula is C12H25ClO3S. The highest BCUT2D eigenvalue weighted by Gasteiger charge is 2.21. The first-order valence-electron chi connectivity index (χ1n) is 6.01. The van der Waals surface area contributed by atoms with E-state index in [4.69, 9.17) is 15.4 Å². The van der Waals surface area contributed by atoms with E-state index in [0.29, 0.717) is 13.2 Å². The van der Waals surface area contributed by atoms with Crippen LogP contribution in [0.2, 0.25) is 0 Å². The third-order valence-electron chi connectivity index (χ3n) is 2.68. The molecule has 0 spiro atoms. The summed E-state index contributed by atoms with van der Waals surface area (Å²) in [7, 11) is 1.83. The van der Waals surface area contributed by atoms with Crippen LogP contribution in [0.25, 0.3) is 0 Å². The molecule has 0 aromatic rings. The zero-order valence-electron chi connectivity index (χ0n) is 11.5. The van der Waals surface area contributed by atoms with E-state index >= 15 is 0 Å². The van der Waals surface area contributed by atoms with Crippen LogP contribution in [0.4, 0.5) is 0 Å². The summed E-state index contributed by atoms with van der Waals surface area (Å²) >= 11 is 0. The monoisotopic (exact) mass is 284 g/mol. The van der Waals surface area contributed by atoms with Crippen LogP contribution in [0.1, 0.15) is 41.0 Å². The Bertz CT molecular complexity index is 304. The largest absolute Gasteiger partial charge is 0.381 e. The Morgan fingerprint density at radius 1 is 1.24 bits per heavy atom. The SMILES string of the molecule is CC(C)C(COCCC(C)(C)C)CS(=O)(=O)Cl. The Labute approximate surface area is 110 Å². The smallest absolute Gasteiger partial charge is 0.232 e. The lowest BCUT2D eigenvalue weighted by atomic mass is 9.93. The van der Waals surface area contributed by atoms with Gasteiger partial charge in [0.15, 0.2) is 0 Å². The average Bonchev–Trinajstić information content (AvgIpc) is 2.06.